The van der Waals surface area contributed by atoms with E-state index in [0.29, 0.717) is 6.54 Å². The predicted octanol–water partition coefficient (Wildman–Crippen LogP) is 0.283. The summed E-state index contributed by atoms with van der Waals surface area (Å²) in [5, 5.41) is 2.72. The first-order valence-electron chi connectivity index (χ1n) is 5.96. The van der Waals surface area contributed by atoms with Gasteiger partial charge < -0.3 is 10.1 Å². The van der Waals surface area contributed by atoms with Gasteiger partial charge in [-0.1, -0.05) is 6.07 Å². The molecule has 6 heteroatoms. The van der Waals surface area contributed by atoms with Gasteiger partial charge in [-0.05, 0) is 12.1 Å². The van der Waals surface area contributed by atoms with Gasteiger partial charge in [-0.25, -0.2) is 4.98 Å². The van der Waals surface area contributed by atoms with Gasteiger partial charge in [0.25, 0.3) is 5.91 Å². The van der Waals surface area contributed by atoms with E-state index in [2.05, 4.69) is 15.2 Å². The summed E-state index contributed by atoms with van der Waals surface area (Å²) in [5.41, 5.74) is 0.108. The van der Waals surface area contributed by atoms with Crippen LogP contribution in [0.1, 0.15) is 10.5 Å². The number of pyridine rings is 1. The van der Waals surface area contributed by atoms with Crippen LogP contribution in [0.5, 0.6) is 0 Å². The minimum Gasteiger partial charge on any atom is -0.379 e. The second-order valence-electron chi connectivity index (χ2n) is 4.06. The van der Waals surface area contributed by atoms with Crippen LogP contribution >= 0.6 is 0 Å². The molecule has 0 aliphatic carbocycles. The second-order valence-corrected chi connectivity index (χ2v) is 4.06. The molecule has 0 spiro atoms. The smallest absolute Gasteiger partial charge is 0.270 e. The summed E-state index contributed by atoms with van der Waals surface area (Å²) in [5.74, 6) is -0.987. The van der Waals surface area contributed by atoms with Gasteiger partial charge in [0.15, 0.2) is 0 Å². The van der Waals surface area contributed by atoms with Crippen molar-refractivity contribution in [3.8, 4) is 0 Å². The number of carbonyl (C=O) groups is 1. The Kier molecular flexibility index (Phi) is 4.60. The Bertz CT molecular complexity index is 408. The lowest BCUT2D eigenvalue weighted by molar-refractivity contribution is 0.0383. The number of hydrogen-bond acceptors (Lipinski definition) is 4. The fourth-order valence-electron chi connectivity index (χ4n) is 1.78. The Balaban J connectivity index is 1.74. The monoisotopic (exact) mass is 253 g/mol. The van der Waals surface area contributed by atoms with Crippen LogP contribution in [0.15, 0.2) is 18.2 Å². The van der Waals surface area contributed by atoms with Crippen LogP contribution in [0.25, 0.3) is 0 Å². The van der Waals surface area contributed by atoms with Crippen LogP contribution in [0.4, 0.5) is 4.39 Å². The van der Waals surface area contributed by atoms with Gasteiger partial charge in [0.05, 0.1) is 13.2 Å². The predicted molar refractivity (Wildman–Crippen MR) is 63.8 cm³/mol. The van der Waals surface area contributed by atoms with Crippen molar-refractivity contribution in [2.24, 2.45) is 0 Å². The highest BCUT2D eigenvalue weighted by atomic mass is 19.1. The van der Waals surface area contributed by atoms with E-state index in [0.717, 1.165) is 32.8 Å². The number of nitrogens with zero attached hydrogens (tertiary/aromatic N) is 2. The zero-order valence-corrected chi connectivity index (χ0v) is 10.1. The molecule has 0 radical (unpaired) electrons. The minimum absolute atomic E-state index is 0.108. The Morgan fingerprint density at radius 2 is 2.22 bits per heavy atom. The Hall–Kier alpha value is -1.53. The van der Waals surface area contributed by atoms with E-state index >= 15 is 0 Å². The molecule has 1 aromatic rings. The zero-order valence-electron chi connectivity index (χ0n) is 10.1. The molecule has 1 amide bonds. The maximum atomic E-state index is 12.8. The van der Waals surface area contributed by atoms with Crippen LogP contribution in [-0.2, 0) is 4.74 Å². The maximum Gasteiger partial charge on any atom is 0.270 e. The molecule has 1 aliphatic rings. The standard InChI is InChI=1S/C12H16FN3O2/c13-11-3-1-2-10(15-11)12(17)14-4-5-16-6-8-18-9-7-16/h1-3H,4-9H2,(H,14,17). The number of aromatic nitrogens is 1. The van der Waals surface area contributed by atoms with Crippen LogP contribution in [0.3, 0.4) is 0 Å². The molecule has 1 fully saturated rings. The van der Waals surface area contributed by atoms with Crippen molar-refractivity contribution in [2.45, 2.75) is 0 Å². The van der Waals surface area contributed by atoms with Crippen molar-refractivity contribution >= 4 is 5.91 Å². The van der Waals surface area contributed by atoms with E-state index < -0.39 is 5.95 Å². The largest absolute Gasteiger partial charge is 0.379 e. The molecule has 2 rings (SSSR count). The lowest BCUT2D eigenvalue weighted by atomic mass is 10.3. The maximum absolute atomic E-state index is 12.8. The lowest BCUT2D eigenvalue weighted by Crippen LogP contribution is -2.41. The molecule has 1 aliphatic heterocycles. The first kappa shape index (κ1) is 12.9. The molecular weight excluding hydrogens is 237 g/mol. The van der Waals surface area contributed by atoms with E-state index in [1.165, 1.54) is 18.2 Å². The summed E-state index contributed by atoms with van der Waals surface area (Å²) >= 11 is 0. The third kappa shape index (κ3) is 3.75. The molecular formula is C12H16FN3O2. The number of halogens is 1. The van der Waals surface area contributed by atoms with E-state index in [9.17, 15) is 9.18 Å². The van der Waals surface area contributed by atoms with E-state index in [1.54, 1.807) is 0 Å². The van der Waals surface area contributed by atoms with E-state index in [1.807, 2.05) is 0 Å². The quantitative estimate of drug-likeness (QED) is 0.783. The van der Waals surface area contributed by atoms with Gasteiger partial charge in [0.1, 0.15) is 5.69 Å². The number of ether oxygens (including phenoxy) is 1. The number of hydrogen-bond donors (Lipinski definition) is 1. The summed E-state index contributed by atoms with van der Waals surface area (Å²) in [6.07, 6.45) is 0. The van der Waals surface area contributed by atoms with Crippen LogP contribution in [0.2, 0.25) is 0 Å². The van der Waals surface area contributed by atoms with Crippen molar-refractivity contribution < 1.29 is 13.9 Å². The highest BCUT2D eigenvalue weighted by Gasteiger charge is 2.11. The summed E-state index contributed by atoms with van der Waals surface area (Å²) in [6, 6.07) is 4.18. The topological polar surface area (TPSA) is 54.5 Å². The Morgan fingerprint density at radius 1 is 1.44 bits per heavy atom. The number of rotatable bonds is 4. The van der Waals surface area contributed by atoms with Crippen LogP contribution in [-0.4, -0.2) is 55.2 Å². The Morgan fingerprint density at radius 3 is 2.94 bits per heavy atom. The zero-order chi connectivity index (χ0) is 12.8. The van der Waals surface area contributed by atoms with Gasteiger partial charge >= 0.3 is 0 Å². The first-order valence-corrected chi connectivity index (χ1v) is 5.96. The van der Waals surface area contributed by atoms with Crippen molar-refractivity contribution in [3.05, 3.63) is 29.8 Å². The molecule has 0 aromatic carbocycles. The lowest BCUT2D eigenvalue weighted by Gasteiger charge is -2.26. The molecule has 0 bridgehead atoms. The van der Waals surface area contributed by atoms with Crippen molar-refractivity contribution in [1.82, 2.24) is 15.2 Å². The second kappa shape index (κ2) is 6.42. The molecule has 1 aromatic heterocycles. The van der Waals surface area contributed by atoms with E-state index in [4.69, 9.17) is 4.74 Å². The third-order valence-corrected chi connectivity index (χ3v) is 2.77. The number of amides is 1. The average Bonchev–Trinajstić information content (AvgIpc) is 2.40. The van der Waals surface area contributed by atoms with E-state index in [-0.39, 0.29) is 11.6 Å². The fourth-order valence-corrected chi connectivity index (χ4v) is 1.78. The SMILES string of the molecule is O=C(NCCN1CCOCC1)c1cccc(F)n1. The van der Waals surface area contributed by atoms with Crippen molar-refractivity contribution in [2.75, 3.05) is 39.4 Å². The Labute approximate surface area is 105 Å². The average molecular weight is 253 g/mol. The fraction of sp³-hybridized carbons (Fsp3) is 0.500. The van der Waals surface area contributed by atoms with Crippen molar-refractivity contribution in [3.63, 3.8) is 0 Å². The summed E-state index contributed by atoms with van der Waals surface area (Å²) in [7, 11) is 0. The number of morpholine rings is 1. The summed E-state index contributed by atoms with van der Waals surface area (Å²) < 4.78 is 18.1. The molecule has 5 nitrogen and oxygen atoms in total. The molecule has 1 N–H and O–H groups in total. The number of carbonyl (C=O) groups excluding carboxylic acids is 1. The van der Waals surface area contributed by atoms with Crippen molar-refractivity contribution in [1.29, 1.82) is 0 Å². The highest BCUT2D eigenvalue weighted by Crippen LogP contribution is 1.98. The van der Waals surface area contributed by atoms with Crippen LogP contribution in [0, 0.1) is 5.95 Å². The molecule has 0 unspecified atom stereocenters. The number of nitrogens with one attached hydrogen (secondary N) is 1. The van der Waals surface area contributed by atoms with Gasteiger partial charge in [-0.3, -0.25) is 9.69 Å². The molecule has 98 valence electrons. The van der Waals surface area contributed by atoms with Crippen LogP contribution < -0.4 is 5.32 Å². The molecule has 0 saturated carbocycles. The van der Waals surface area contributed by atoms with Gasteiger partial charge in [-0.2, -0.15) is 4.39 Å². The summed E-state index contributed by atoms with van der Waals surface area (Å²) in [4.78, 5) is 17.4. The molecule has 2 heterocycles. The normalized spacial score (nSPS) is 16.5. The molecule has 0 atom stereocenters. The summed E-state index contributed by atoms with van der Waals surface area (Å²) in [6.45, 7) is 4.53. The van der Waals surface area contributed by atoms with Gasteiger partial charge in [0.2, 0.25) is 5.95 Å². The minimum atomic E-state index is -0.643. The first-order chi connectivity index (χ1) is 8.75. The molecule has 1 saturated heterocycles. The highest BCUT2D eigenvalue weighted by molar-refractivity contribution is 5.92. The van der Waals surface area contributed by atoms with Gasteiger partial charge in [0, 0.05) is 26.2 Å². The third-order valence-electron chi connectivity index (χ3n) is 2.77. The van der Waals surface area contributed by atoms with Gasteiger partial charge in [-0.15, -0.1) is 0 Å². The molecule has 18 heavy (non-hydrogen) atoms.